The number of anilines is 1. The zero-order chi connectivity index (χ0) is 27.3. The van der Waals surface area contributed by atoms with Crippen LogP contribution in [0, 0.1) is 0 Å². The quantitative estimate of drug-likeness (QED) is 0.313. The van der Waals surface area contributed by atoms with Crippen LogP contribution in [0.5, 0.6) is 0 Å². The molecule has 0 bridgehead atoms. The minimum Gasteiger partial charge on any atom is -0.350 e. The van der Waals surface area contributed by atoms with Gasteiger partial charge in [-0.25, -0.2) is 4.68 Å². The summed E-state index contributed by atoms with van der Waals surface area (Å²) in [6, 6.07) is 30.8. The van der Waals surface area contributed by atoms with Gasteiger partial charge in [0.2, 0.25) is 11.8 Å². The molecule has 1 unspecified atom stereocenters. The Labute approximate surface area is 230 Å². The molecule has 9 heteroatoms. The van der Waals surface area contributed by atoms with E-state index in [9.17, 15) is 9.59 Å². The van der Waals surface area contributed by atoms with Crippen LogP contribution >= 0.6 is 0 Å². The molecular formula is C31H25N7O2. The second kappa shape index (κ2) is 11.1. The summed E-state index contributed by atoms with van der Waals surface area (Å²) in [5.74, 6) is -0.731. The number of nitrogens with zero attached hydrogens (tertiary/aromatic N) is 6. The van der Waals surface area contributed by atoms with Gasteiger partial charge in [-0.1, -0.05) is 71.9 Å². The molecule has 0 aliphatic rings. The third-order valence-electron chi connectivity index (χ3n) is 6.61. The van der Waals surface area contributed by atoms with Crippen molar-refractivity contribution in [2.45, 2.75) is 19.1 Å². The number of amides is 2. The highest BCUT2D eigenvalue weighted by molar-refractivity contribution is 6.02. The van der Waals surface area contributed by atoms with E-state index in [4.69, 9.17) is 0 Å². The number of nitrogens with one attached hydrogen (secondary N) is 1. The van der Waals surface area contributed by atoms with Gasteiger partial charge in [0, 0.05) is 18.1 Å². The van der Waals surface area contributed by atoms with E-state index in [0.29, 0.717) is 23.4 Å². The Kier molecular flexibility index (Phi) is 6.92. The molecule has 0 aliphatic carbocycles. The van der Waals surface area contributed by atoms with Crippen molar-refractivity contribution in [3.63, 3.8) is 0 Å². The van der Waals surface area contributed by atoms with Crippen LogP contribution in [0.1, 0.15) is 17.3 Å². The summed E-state index contributed by atoms with van der Waals surface area (Å²) < 4.78 is 1.54. The van der Waals surface area contributed by atoms with Gasteiger partial charge in [0.1, 0.15) is 12.1 Å². The number of fused-ring (bicyclic) bond motifs is 2. The molecule has 0 saturated heterocycles. The van der Waals surface area contributed by atoms with E-state index in [1.807, 2.05) is 84.9 Å². The Morgan fingerprint density at radius 1 is 0.825 bits per heavy atom. The first-order valence-electron chi connectivity index (χ1n) is 12.8. The largest absolute Gasteiger partial charge is 0.350 e. The third-order valence-corrected chi connectivity index (χ3v) is 6.61. The standard InChI is InChI=1S/C31H25N7O2/c39-29(21-37-28-16-7-6-14-26(28)35-36-37)38(24-18-23-12-4-5-13-25(23)33-20-24)30(27-15-8-9-17-32-27)31(40)34-19-22-10-2-1-3-11-22/h1-18,20,30H,19,21H2,(H,34,40). The number of hydrogen-bond acceptors (Lipinski definition) is 6. The van der Waals surface area contributed by atoms with Gasteiger partial charge < -0.3 is 5.32 Å². The lowest BCUT2D eigenvalue weighted by atomic mass is 10.1. The van der Waals surface area contributed by atoms with Crippen LogP contribution in [-0.4, -0.2) is 36.8 Å². The Hall–Kier alpha value is -5.44. The summed E-state index contributed by atoms with van der Waals surface area (Å²) in [5, 5.41) is 12.2. The van der Waals surface area contributed by atoms with Crippen molar-refractivity contribution in [3.8, 4) is 0 Å². The zero-order valence-electron chi connectivity index (χ0n) is 21.5. The highest BCUT2D eigenvalue weighted by Crippen LogP contribution is 2.29. The van der Waals surface area contributed by atoms with Crippen molar-refractivity contribution < 1.29 is 9.59 Å². The molecule has 196 valence electrons. The van der Waals surface area contributed by atoms with Crippen molar-refractivity contribution >= 4 is 39.4 Å². The molecule has 40 heavy (non-hydrogen) atoms. The van der Waals surface area contributed by atoms with Crippen LogP contribution in [0.4, 0.5) is 5.69 Å². The number of rotatable bonds is 8. The molecule has 0 saturated carbocycles. The molecule has 0 fully saturated rings. The fourth-order valence-corrected chi connectivity index (χ4v) is 4.67. The molecular weight excluding hydrogens is 502 g/mol. The molecule has 0 aliphatic heterocycles. The number of carbonyl (C=O) groups is 2. The lowest BCUT2D eigenvalue weighted by Crippen LogP contribution is -2.45. The van der Waals surface area contributed by atoms with Crippen LogP contribution in [0.15, 0.2) is 116 Å². The molecule has 0 spiro atoms. The van der Waals surface area contributed by atoms with Crippen LogP contribution in [0.25, 0.3) is 21.9 Å². The van der Waals surface area contributed by atoms with Gasteiger partial charge in [-0.05, 0) is 42.0 Å². The van der Waals surface area contributed by atoms with E-state index < -0.39 is 6.04 Å². The molecule has 6 rings (SSSR count). The first kappa shape index (κ1) is 24.9. The van der Waals surface area contributed by atoms with Crippen LogP contribution in [0.2, 0.25) is 0 Å². The predicted octanol–water partition coefficient (Wildman–Crippen LogP) is 4.47. The number of hydrogen-bond donors (Lipinski definition) is 1. The molecule has 2 amide bonds. The van der Waals surface area contributed by atoms with Crippen molar-refractivity contribution in [2.75, 3.05) is 4.90 Å². The monoisotopic (exact) mass is 527 g/mol. The first-order chi connectivity index (χ1) is 19.7. The van der Waals surface area contributed by atoms with Gasteiger partial charge in [-0.15, -0.1) is 5.10 Å². The fraction of sp³-hybridized carbons (Fsp3) is 0.0968. The van der Waals surface area contributed by atoms with E-state index in [2.05, 4.69) is 25.6 Å². The second-order valence-corrected chi connectivity index (χ2v) is 9.25. The highest BCUT2D eigenvalue weighted by atomic mass is 16.2. The van der Waals surface area contributed by atoms with Crippen LogP contribution in [-0.2, 0) is 22.7 Å². The topological polar surface area (TPSA) is 106 Å². The van der Waals surface area contributed by atoms with Gasteiger partial charge in [0.05, 0.1) is 28.6 Å². The van der Waals surface area contributed by atoms with E-state index in [-0.39, 0.29) is 18.4 Å². The summed E-state index contributed by atoms with van der Waals surface area (Å²) >= 11 is 0. The molecule has 9 nitrogen and oxygen atoms in total. The Balaban J connectivity index is 1.43. The third kappa shape index (κ3) is 5.12. The van der Waals surface area contributed by atoms with E-state index in [1.54, 1.807) is 30.6 Å². The summed E-state index contributed by atoms with van der Waals surface area (Å²) in [4.78, 5) is 38.6. The maximum Gasteiger partial charge on any atom is 0.249 e. The Bertz CT molecular complexity index is 1790. The molecule has 1 atom stereocenters. The summed E-state index contributed by atoms with van der Waals surface area (Å²) in [6.07, 6.45) is 3.22. The minimum absolute atomic E-state index is 0.136. The van der Waals surface area contributed by atoms with Crippen LogP contribution in [0.3, 0.4) is 0 Å². The number of pyridine rings is 2. The van der Waals surface area contributed by atoms with Crippen LogP contribution < -0.4 is 10.2 Å². The lowest BCUT2D eigenvalue weighted by Gasteiger charge is -2.31. The molecule has 3 heterocycles. The van der Waals surface area contributed by atoms with Gasteiger partial charge in [-0.3, -0.25) is 24.5 Å². The average molecular weight is 528 g/mol. The summed E-state index contributed by atoms with van der Waals surface area (Å²) in [6.45, 7) is 0.164. The SMILES string of the molecule is O=C(NCc1ccccc1)C(c1ccccn1)N(C(=O)Cn1nnc2ccccc21)c1cnc2ccccc2c1. The predicted molar refractivity (Wildman–Crippen MR) is 152 cm³/mol. The molecule has 6 aromatic rings. The normalized spacial score (nSPS) is 11.8. The van der Waals surface area contributed by atoms with Gasteiger partial charge in [-0.2, -0.15) is 0 Å². The lowest BCUT2D eigenvalue weighted by molar-refractivity contribution is -0.127. The molecule has 1 N–H and O–H groups in total. The van der Waals surface area contributed by atoms with Gasteiger partial charge in [0.15, 0.2) is 6.04 Å². The second-order valence-electron chi connectivity index (χ2n) is 9.25. The zero-order valence-corrected chi connectivity index (χ0v) is 21.5. The van der Waals surface area contributed by atoms with Crippen molar-refractivity contribution in [3.05, 3.63) is 127 Å². The maximum absolute atomic E-state index is 14.2. The van der Waals surface area contributed by atoms with Gasteiger partial charge in [0.25, 0.3) is 0 Å². The number of benzene rings is 3. The summed E-state index contributed by atoms with van der Waals surface area (Å²) in [7, 11) is 0. The number of aromatic nitrogens is 5. The molecule has 3 aromatic carbocycles. The van der Waals surface area contributed by atoms with Crippen molar-refractivity contribution in [2.24, 2.45) is 0 Å². The Morgan fingerprint density at radius 2 is 1.57 bits per heavy atom. The maximum atomic E-state index is 14.2. The van der Waals surface area contributed by atoms with Crippen molar-refractivity contribution in [1.82, 2.24) is 30.3 Å². The number of para-hydroxylation sites is 2. The van der Waals surface area contributed by atoms with E-state index in [1.165, 1.54) is 9.58 Å². The Morgan fingerprint density at radius 3 is 2.40 bits per heavy atom. The average Bonchev–Trinajstić information content (AvgIpc) is 3.41. The summed E-state index contributed by atoms with van der Waals surface area (Å²) in [5.41, 5.74) is 4.02. The van der Waals surface area contributed by atoms with E-state index >= 15 is 0 Å². The van der Waals surface area contributed by atoms with E-state index in [0.717, 1.165) is 22.0 Å². The van der Waals surface area contributed by atoms with Gasteiger partial charge >= 0.3 is 0 Å². The smallest absolute Gasteiger partial charge is 0.249 e. The minimum atomic E-state index is -1.06. The molecule has 0 radical (unpaired) electrons. The van der Waals surface area contributed by atoms with Crippen molar-refractivity contribution in [1.29, 1.82) is 0 Å². The fourth-order valence-electron chi connectivity index (χ4n) is 4.67. The number of carbonyl (C=O) groups excluding carboxylic acids is 2. The highest BCUT2D eigenvalue weighted by Gasteiger charge is 2.34. The molecule has 3 aromatic heterocycles. The first-order valence-corrected chi connectivity index (χ1v) is 12.8.